The predicted molar refractivity (Wildman–Crippen MR) is 79.4 cm³/mol. The summed E-state index contributed by atoms with van der Waals surface area (Å²) < 4.78 is 27.5. The fourth-order valence-electron chi connectivity index (χ4n) is 1.88. The summed E-state index contributed by atoms with van der Waals surface area (Å²) in [4.78, 5) is 0. The SMILES string of the molecule is Cc1cccc(C)c1OCCC(C)CCS(=O)(=O)Cl. The van der Waals surface area contributed by atoms with Crippen LogP contribution in [-0.2, 0) is 9.05 Å². The summed E-state index contributed by atoms with van der Waals surface area (Å²) in [5.74, 6) is 1.23. The van der Waals surface area contributed by atoms with Gasteiger partial charge in [-0.1, -0.05) is 25.1 Å². The normalized spacial score (nSPS) is 13.3. The average Bonchev–Trinajstić information content (AvgIpc) is 2.29. The van der Waals surface area contributed by atoms with Crippen LogP contribution in [0.4, 0.5) is 0 Å². The Balaban J connectivity index is 2.38. The molecule has 0 fully saturated rings. The van der Waals surface area contributed by atoms with E-state index >= 15 is 0 Å². The molecule has 5 heteroatoms. The molecular formula is C14H21ClO3S. The monoisotopic (exact) mass is 304 g/mol. The van der Waals surface area contributed by atoms with Crippen LogP contribution in [0.2, 0.25) is 0 Å². The van der Waals surface area contributed by atoms with Crippen LogP contribution in [0.3, 0.4) is 0 Å². The van der Waals surface area contributed by atoms with Gasteiger partial charge in [-0.3, -0.25) is 0 Å². The summed E-state index contributed by atoms with van der Waals surface area (Å²) in [7, 11) is 1.81. The molecule has 0 aliphatic rings. The van der Waals surface area contributed by atoms with E-state index in [4.69, 9.17) is 15.4 Å². The maximum atomic E-state index is 10.9. The van der Waals surface area contributed by atoms with Gasteiger partial charge in [-0.05, 0) is 43.7 Å². The number of hydrogen-bond donors (Lipinski definition) is 0. The van der Waals surface area contributed by atoms with Gasteiger partial charge >= 0.3 is 0 Å². The number of benzene rings is 1. The van der Waals surface area contributed by atoms with E-state index in [0.717, 1.165) is 23.3 Å². The minimum Gasteiger partial charge on any atom is -0.493 e. The van der Waals surface area contributed by atoms with Crippen molar-refractivity contribution in [2.75, 3.05) is 12.4 Å². The van der Waals surface area contributed by atoms with Gasteiger partial charge in [0.05, 0.1) is 12.4 Å². The van der Waals surface area contributed by atoms with Crippen molar-refractivity contribution in [3.63, 3.8) is 0 Å². The molecule has 0 aliphatic carbocycles. The molecule has 0 radical (unpaired) electrons. The predicted octanol–water partition coefficient (Wildman–Crippen LogP) is 3.67. The van der Waals surface area contributed by atoms with Crippen molar-refractivity contribution in [2.24, 2.45) is 5.92 Å². The molecule has 1 atom stereocenters. The van der Waals surface area contributed by atoms with Gasteiger partial charge in [-0.2, -0.15) is 0 Å². The lowest BCUT2D eigenvalue weighted by molar-refractivity contribution is 0.278. The lowest BCUT2D eigenvalue weighted by Gasteiger charge is -2.14. The zero-order valence-electron chi connectivity index (χ0n) is 11.6. The van der Waals surface area contributed by atoms with Crippen LogP contribution < -0.4 is 4.74 Å². The lowest BCUT2D eigenvalue weighted by Crippen LogP contribution is -2.09. The number of rotatable bonds is 7. The highest BCUT2D eigenvalue weighted by Crippen LogP contribution is 2.23. The number of aryl methyl sites for hydroxylation is 2. The minimum atomic E-state index is -3.38. The minimum absolute atomic E-state index is 0.0269. The molecule has 0 saturated carbocycles. The van der Waals surface area contributed by atoms with Crippen LogP contribution >= 0.6 is 10.7 Å². The molecule has 108 valence electrons. The largest absolute Gasteiger partial charge is 0.493 e. The summed E-state index contributed by atoms with van der Waals surface area (Å²) in [6.07, 6.45) is 1.39. The molecule has 19 heavy (non-hydrogen) atoms. The topological polar surface area (TPSA) is 43.4 Å². The first-order valence-corrected chi connectivity index (χ1v) is 8.89. The Morgan fingerprint density at radius 1 is 1.21 bits per heavy atom. The first-order valence-electron chi connectivity index (χ1n) is 6.41. The quantitative estimate of drug-likeness (QED) is 0.722. The number of hydrogen-bond acceptors (Lipinski definition) is 3. The van der Waals surface area contributed by atoms with Gasteiger partial charge in [0, 0.05) is 10.7 Å². The highest BCUT2D eigenvalue weighted by molar-refractivity contribution is 8.13. The van der Waals surface area contributed by atoms with Crippen molar-refractivity contribution in [1.82, 2.24) is 0 Å². The standard InChI is InChI=1S/C14H21ClO3S/c1-11(8-10-19(15,16)17)7-9-18-14-12(2)5-4-6-13(14)3/h4-6,11H,7-10H2,1-3H3. The van der Waals surface area contributed by atoms with Gasteiger partial charge < -0.3 is 4.74 Å². The molecule has 3 nitrogen and oxygen atoms in total. The summed E-state index contributed by atoms with van der Waals surface area (Å²) in [5, 5.41) is 0. The number of halogens is 1. The van der Waals surface area contributed by atoms with Crippen LogP contribution in [0.15, 0.2) is 18.2 Å². The third-order valence-electron chi connectivity index (χ3n) is 3.12. The Bertz CT molecular complexity index is 491. The molecule has 0 saturated heterocycles. The van der Waals surface area contributed by atoms with E-state index in [9.17, 15) is 8.42 Å². The Morgan fingerprint density at radius 3 is 2.32 bits per heavy atom. The number of para-hydroxylation sites is 1. The second kappa shape index (κ2) is 7.15. The first-order chi connectivity index (χ1) is 8.79. The molecule has 0 N–H and O–H groups in total. The van der Waals surface area contributed by atoms with E-state index in [1.54, 1.807) is 0 Å². The molecule has 0 bridgehead atoms. The van der Waals surface area contributed by atoms with Gasteiger partial charge in [-0.25, -0.2) is 8.42 Å². The Morgan fingerprint density at radius 2 is 1.79 bits per heavy atom. The van der Waals surface area contributed by atoms with Gasteiger partial charge in [0.15, 0.2) is 0 Å². The second-order valence-electron chi connectivity index (χ2n) is 4.99. The van der Waals surface area contributed by atoms with Gasteiger partial charge in [0.1, 0.15) is 5.75 Å². The summed E-state index contributed by atoms with van der Waals surface area (Å²) in [5.41, 5.74) is 2.24. The van der Waals surface area contributed by atoms with E-state index in [2.05, 4.69) is 0 Å². The van der Waals surface area contributed by atoms with E-state index in [1.165, 1.54) is 0 Å². The maximum Gasteiger partial charge on any atom is 0.232 e. The molecular weight excluding hydrogens is 284 g/mol. The maximum absolute atomic E-state index is 10.9. The highest BCUT2D eigenvalue weighted by atomic mass is 35.7. The van der Waals surface area contributed by atoms with E-state index < -0.39 is 9.05 Å². The molecule has 0 spiro atoms. The fourth-order valence-corrected chi connectivity index (χ4v) is 2.83. The third-order valence-corrected chi connectivity index (χ3v) is 4.31. The zero-order valence-corrected chi connectivity index (χ0v) is 13.2. The smallest absolute Gasteiger partial charge is 0.232 e. The van der Waals surface area contributed by atoms with Crippen molar-refractivity contribution in [3.05, 3.63) is 29.3 Å². The van der Waals surface area contributed by atoms with Gasteiger partial charge in [-0.15, -0.1) is 0 Å². The van der Waals surface area contributed by atoms with E-state index in [-0.39, 0.29) is 11.7 Å². The third kappa shape index (κ3) is 6.30. The van der Waals surface area contributed by atoms with Crippen LogP contribution in [0.5, 0.6) is 5.75 Å². The molecule has 0 aliphatic heterocycles. The lowest BCUT2D eigenvalue weighted by atomic mass is 10.1. The summed E-state index contributed by atoms with van der Waals surface area (Å²) >= 11 is 0. The van der Waals surface area contributed by atoms with E-state index in [0.29, 0.717) is 13.0 Å². The van der Waals surface area contributed by atoms with Crippen molar-refractivity contribution < 1.29 is 13.2 Å². The molecule has 0 heterocycles. The Labute approximate surface area is 120 Å². The molecule has 0 aromatic heterocycles. The van der Waals surface area contributed by atoms with Crippen LogP contribution in [0, 0.1) is 19.8 Å². The van der Waals surface area contributed by atoms with Crippen molar-refractivity contribution in [2.45, 2.75) is 33.6 Å². The fraction of sp³-hybridized carbons (Fsp3) is 0.571. The molecule has 1 unspecified atom stereocenters. The second-order valence-corrected chi connectivity index (χ2v) is 7.89. The Hall–Kier alpha value is -0.740. The summed E-state index contributed by atoms with van der Waals surface area (Å²) in [6.45, 7) is 6.64. The summed E-state index contributed by atoms with van der Waals surface area (Å²) in [6, 6.07) is 6.04. The van der Waals surface area contributed by atoms with Crippen molar-refractivity contribution in [3.8, 4) is 5.75 Å². The molecule has 0 amide bonds. The van der Waals surface area contributed by atoms with Gasteiger partial charge in [0.25, 0.3) is 0 Å². The van der Waals surface area contributed by atoms with Crippen molar-refractivity contribution in [1.29, 1.82) is 0 Å². The van der Waals surface area contributed by atoms with Crippen molar-refractivity contribution >= 4 is 19.7 Å². The van der Waals surface area contributed by atoms with Crippen LogP contribution in [0.1, 0.15) is 30.9 Å². The molecule has 1 aromatic rings. The van der Waals surface area contributed by atoms with Crippen LogP contribution in [0.25, 0.3) is 0 Å². The van der Waals surface area contributed by atoms with Gasteiger partial charge in [0.2, 0.25) is 9.05 Å². The number of ether oxygens (including phenoxy) is 1. The molecule has 1 aromatic carbocycles. The average molecular weight is 305 g/mol. The highest BCUT2D eigenvalue weighted by Gasteiger charge is 2.10. The first kappa shape index (κ1) is 16.3. The Kier molecular flexibility index (Phi) is 6.14. The van der Waals surface area contributed by atoms with Crippen LogP contribution in [-0.4, -0.2) is 20.8 Å². The zero-order chi connectivity index (χ0) is 14.5. The van der Waals surface area contributed by atoms with E-state index in [1.807, 2.05) is 39.0 Å². The molecule has 1 rings (SSSR count).